The van der Waals surface area contributed by atoms with E-state index in [1.807, 2.05) is 19.1 Å². The lowest BCUT2D eigenvalue weighted by Crippen LogP contribution is -2.44. The topological polar surface area (TPSA) is 63.7 Å². The molecule has 3 aromatic rings. The second-order valence-corrected chi connectivity index (χ2v) is 10.6. The molecule has 6 heteroatoms. The predicted octanol–water partition coefficient (Wildman–Crippen LogP) is 5.48. The van der Waals surface area contributed by atoms with E-state index in [-0.39, 0.29) is 16.0 Å². The maximum absolute atomic E-state index is 13.4. The van der Waals surface area contributed by atoms with Crippen molar-refractivity contribution in [3.8, 4) is 5.75 Å². The second kappa shape index (κ2) is 9.17. The summed E-state index contributed by atoms with van der Waals surface area (Å²) < 4.78 is 33.5. The third-order valence-corrected chi connectivity index (χ3v) is 6.87. The molecule has 0 radical (unpaired) electrons. The molecule has 0 bridgehead atoms. The SMILES string of the molecule is Cc1ccc(N(C(=O)C(C)Oc2ccc(C(C)(C)C)cc2)S(=O)(=O)c2ccccc2)cc1. The molecule has 0 N–H and O–H groups in total. The molecule has 0 aliphatic carbocycles. The van der Waals surface area contributed by atoms with Crippen molar-refractivity contribution in [2.75, 3.05) is 4.31 Å². The number of hydrogen-bond acceptors (Lipinski definition) is 4. The van der Waals surface area contributed by atoms with Gasteiger partial charge in [0.25, 0.3) is 15.9 Å². The minimum Gasteiger partial charge on any atom is -0.481 e. The van der Waals surface area contributed by atoms with Gasteiger partial charge in [-0.25, -0.2) is 8.42 Å². The Labute approximate surface area is 190 Å². The Morgan fingerprint density at radius 3 is 1.97 bits per heavy atom. The standard InChI is InChI=1S/C26H29NO4S/c1-19-11-15-22(16-12-19)27(32(29,30)24-9-7-6-8-10-24)25(28)20(2)31-23-17-13-21(14-18-23)26(3,4)5/h6-18,20H,1-5H3. The van der Waals surface area contributed by atoms with Gasteiger partial charge in [0.15, 0.2) is 6.10 Å². The van der Waals surface area contributed by atoms with E-state index in [4.69, 9.17) is 4.74 Å². The Hall–Kier alpha value is -3.12. The van der Waals surface area contributed by atoms with Gasteiger partial charge in [0, 0.05) is 0 Å². The van der Waals surface area contributed by atoms with Gasteiger partial charge >= 0.3 is 0 Å². The molecule has 1 amide bonds. The second-order valence-electron chi connectivity index (χ2n) is 8.79. The number of nitrogens with zero attached hydrogens (tertiary/aromatic N) is 1. The summed E-state index contributed by atoms with van der Waals surface area (Å²) in [4.78, 5) is 13.4. The lowest BCUT2D eigenvalue weighted by molar-refractivity contribution is -0.123. The van der Waals surface area contributed by atoms with Crippen LogP contribution >= 0.6 is 0 Å². The third kappa shape index (κ3) is 5.19. The lowest BCUT2D eigenvalue weighted by atomic mass is 9.87. The molecular weight excluding hydrogens is 422 g/mol. The fourth-order valence-corrected chi connectivity index (χ4v) is 4.71. The van der Waals surface area contributed by atoms with Gasteiger partial charge in [-0.3, -0.25) is 4.79 Å². The van der Waals surface area contributed by atoms with Crippen LogP contribution in [0.1, 0.15) is 38.8 Å². The van der Waals surface area contributed by atoms with Crippen molar-refractivity contribution >= 4 is 21.6 Å². The molecule has 0 saturated carbocycles. The highest BCUT2D eigenvalue weighted by atomic mass is 32.2. The van der Waals surface area contributed by atoms with Crippen LogP contribution in [0.3, 0.4) is 0 Å². The van der Waals surface area contributed by atoms with Crippen LogP contribution in [0.15, 0.2) is 83.8 Å². The van der Waals surface area contributed by atoms with Crippen LogP contribution < -0.4 is 9.04 Å². The summed E-state index contributed by atoms with van der Waals surface area (Å²) in [5.74, 6) is -0.169. The average Bonchev–Trinajstić information content (AvgIpc) is 2.75. The zero-order chi connectivity index (χ0) is 23.5. The van der Waals surface area contributed by atoms with Crippen molar-refractivity contribution in [3.63, 3.8) is 0 Å². The Morgan fingerprint density at radius 2 is 1.44 bits per heavy atom. The van der Waals surface area contributed by atoms with Gasteiger partial charge in [0.1, 0.15) is 5.75 Å². The first kappa shape index (κ1) is 23.5. The summed E-state index contributed by atoms with van der Waals surface area (Å²) in [7, 11) is -4.13. The fourth-order valence-electron chi connectivity index (χ4n) is 3.22. The van der Waals surface area contributed by atoms with Gasteiger partial charge in [-0.1, -0.05) is 68.8 Å². The van der Waals surface area contributed by atoms with Gasteiger partial charge in [0.2, 0.25) is 0 Å². The molecule has 0 aromatic heterocycles. The molecule has 1 unspecified atom stereocenters. The molecule has 1 atom stereocenters. The highest BCUT2D eigenvalue weighted by Gasteiger charge is 2.34. The van der Waals surface area contributed by atoms with E-state index in [2.05, 4.69) is 20.8 Å². The molecule has 0 heterocycles. The van der Waals surface area contributed by atoms with Crippen LogP contribution in [0.2, 0.25) is 0 Å². The van der Waals surface area contributed by atoms with E-state index >= 15 is 0 Å². The molecule has 0 spiro atoms. The number of carbonyl (C=O) groups excluding carboxylic acids is 1. The fraction of sp³-hybridized carbons (Fsp3) is 0.269. The van der Waals surface area contributed by atoms with E-state index in [0.717, 1.165) is 15.4 Å². The minimum absolute atomic E-state index is 0.00797. The van der Waals surface area contributed by atoms with Gasteiger partial charge < -0.3 is 4.74 Å². The number of anilines is 1. The number of rotatable bonds is 6. The van der Waals surface area contributed by atoms with Crippen LogP contribution in [0.25, 0.3) is 0 Å². The van der Waals surface area contributed by atoms with Gasteiger partial charge in [0.05, 0.1) is 10.6 Å². The van der Waals surface area contributed by atoms with E-state index in [0.29, 0.717) is 5.75 Å². The number of benzene rings is 3. The van der Waals surface area contributed by atoms with E-state index in [1.165, 1.54) is 12.1 Å². The highest BCUT2D eigenvalue weighted by molar-refractivity contribution is 7.93. The third-order valence-electron chi connectivity index (χ3n) is 5.13. The first-order valence-corrected chi connectivity index (χ1v) is 11.9. The highest BCUT2D eigenvalue weighted by Crippen LogP contribution is 2.27. The largest absolute Gasteiger partial charge is 0.481 e. The van der Waals surface area contributed by atoms with Crippen molar-refractivity contribution in [1.82, 2.24) is 0 Å². The van der Waals surface area contributed by atoms with Crippen LogP contribution in [0.5, 0.6) is 5.75 Å². The van der Waals surface area contributed by atoms with Crippen molar-refractivity contribution < 1.29 is 17.9 Å². The van der Waals surface area contributed by atoms with Crippen molar-refractivity contribution in [3.05, 3.63) is 90.0 Å². The van der Waals surface area contributed by atoms with E-state index in [9.17, 15) is 13.2 Å². The van der Waals surface area contributed by atoms with Gasteiger partial charge in [-0.05, 0) is 61.2 Å². The molecule has 0 fully saturated rings. The van der Waals surface area contributed by atoms with Crippen LogP contribution in [-0.2, 0) is 20.2 Å². The summed E-state index contributed by atoms with van der Waals surface area (Å²) in [5, 5.41) is 0. The molecule has 32 heavy (non-hydrogen) atoms. The summed E-state index contributed by atoms with van der Waals surface area (Å²) in [6.07, 6.45) is -1.02. The van der Waals surface area contributed by atoms with E-state index in [1.54, 1.807) is 61.5 Å². The Balaban J connectivity index is 1.94. The van der Waals surface area contributed by atoms with Gasteiger partial charge in [-0.15, -0.1) is 0 Å². The zero-order valence-corrected chi connectivity index (χ0v) is 19.9. The molecular formula is C26H29NO4S. The lowest BCUT2D eigenvalue weighted by Gasteiger charge is -2.26. The number of ether oxygens (including phenoxy) is 1. The van der Waals surface area contributed by atoms with Crippen molar-refractivity contribution in [2.24, 2.45) is 0 Å². The zero-order valence-electron chi connectivity index (χ0n) is 19.1. The number of aryl methyl sites for hydroxylation is 1. The summed E-state index contributed by atoms with van der Waals surface area (Å²) in [6.45, 7) is 9.80. The maximum Gasteiger partial charge on any atom is 0.281 e. The average molecular weight is 452 g/mol. The minimum atomic E-state index is -4.13. The smallest absolute Gasteiger partial charge is 0.281 e. The summed E-state index contributed by atoms with van der Waals surface area (Å²) in [5.41, 5.74) is 2.35. The predicted molar refractivity (Wildman–Crippen MR) is 128 cm³/mol. The van der Waals surface area contributed by atoms with E-state index < -0.39 is 22.0 Å². The molecule has 0 saturated heterocycles. The number of hydrogen-bond donors (Lipinski definition) is 0. The molecule has 168 valence electrons. The molecule has 5 nitrogen and oxygen atoms in total. The number of amides is 1. The maximum atomic E-state index is 13.4. The molecule has 0 aliphatic heterocycles. The number of carbonyl (C=O) groups is 1. The first-order valence-electron chi connectivity index (χ1n) is 10.5. The van der Waals surface area contributed by atoms with Crippen molar-refractivity contribution in [1.29, 1.82) is 0 Å². The van der Waals surface area contributed by atoms with Gasteiger partial charge in [-0.2, -0.15) is 4.31 Å². The molecule has 3 rings (SSSR count). The monoisotopic (exact) mass is 451 g/mol. The normalized spacial score (nSPS) is 12.8. The van der Waals surface area contributed by atoms with Crippen molar-refractivity contribution in [2.45, 2.75) is 51.0 Å². The van der Waals surface area contributed by atoms with Crippen LogP contribution in [0.4, 0.5) is 5.69 Å². The quantitative estimate of drug-likeness (QED) is 0.498. The first-order chi connectivity index (χ1) is 15.0. The Bertz CT molecular complexity index is 1160. The Kier molecular flexibility index (Phi) is 6.74. The number of sulfonamides is 1. The van der Waals surface area contributed by atoms with Crippen LogP contribution in [0, 0.1) is 6.92 Å². The molecule has 0 aliphatic rings. The summed E-state index contributed by atoms with van der Waals surface area (Å²) in [6, 6.07) is 22.2. The molecule has 3 aromatic carbocycles. The van der Waals surface area contributed by atoms with Crippen LogP contribution in [-0.4, -0.2) is 20.4 Å². The Morgan fingerprint density at radius 1 is 0.875 bits per heavy atom. The summed E-state index contributed by atoms with van der Waals surface area (Å²) >= 11 is 0.